The van der Waals surface area contributed by atoms with E-state index in [0.29, 0.717) is 23.4 Å². The molecule has 1 aromatic heterocycles. The fourth-order valence-electron chi connectivity index (χ4n) is 2.82. The zero-order valence-corrected chi connectivity index (χ0v) is 14.8. The molecule has 0 saturated heterocycles. The minimum Gasteiger partial charge on any atom is -0.484 e. The smallest absolute Gasteiger partial charge is 0.336 e. The molecule has 0 aliphatic heterocycles. The van der Waals surface area contributed by atoms with Gasteiger partial charge in [-0.05, 0) is 36.2 Å². The predicted octanol–water partition coefficient (Wildman–Crippen LogP) is 3.29. The molecule has 0 unspecified atom stereocenters. The number of benzene rings is 2. The van der Waals surface area contributed by atoms with E-state index in [1.165, 1.54) is 11.0 Å². The SMILES string of the molecule is CCc1cc(=O)oc2cc(OCC(=O)N(CC#N)c3ccccc3)ccc12. The number of ether oxygens (including phenoxy) is 1. The summed E-state index contributed by atoms with van der Waals surface area (Å²) in [5.41, 5.74) is 1.52. The average Bonchev–Trinajstić information content (AvgIpc) is 2.69. The summed E-state index contributed by atoms with van der Waals surface area (Å²) in [7, 11) is 0. The third-order valence-corrected chi connectivity index (χ3v) is 4.14. The second-order valence-electron chi connectivity index (χ2n) is 5.86. The van der Waals surface area contributed by atoms with Crippen LogP contribution in [0.3, 0.4) is 0 Å². The van der Waals surface area contributed by atoms with Gasteiger partial charge in [0.15, 0.2) is 6.61 Å². The molecule has 3 rings (SSSR count). The molecule has 136 valence electrons. The Morgan fingerprint density at radius 3 is 2.67 bits per heavy atom. The summed E-state index contributed by atoms with van der Waals surface area (Å²) in [4.78, 5) is 25.5. The number of carbonyl (C=O) groups excluding carboxylic acids is 1. The molecule has 0 aliphatic carbocycles. The number of amides is 1. The molecule has 6 heteroatoms. The fourth-order valence-corrected chi connectivity index (χ4v) is 2.82. The third-order valence-electron chi connectivity index (χ3n) is 4.14. The zero-order chi connectivity index (χ0) is 19.2. The Morgan fingerprint density at radius 1 is 1.19 bits per heavy atom. The highest BCUT2D eigenvalue weighted by atomic mass is 16.5. The maximum Gasteiger partial charge on any atom is 0.336 e. The first kappa shape index (κ1) is 18.2. The summed E-state index contributed by atoms with van der Waals surface area (Å²) in [6, 6.07) is 17.5. The summed E-state index contributed by atoms with van der Waals surface area (Å²) < 4.78 is 10.8. The standard InChI is InChI=1S/C21H18N2O4/c1-2-15-12-21(25)27-19-13-17(8-9-18(15)19)26-14-20(24)23(11-10-22)16-6-4-3-5-7-16/h3-9,12-13H,2,11,14H2,1H3. The normalized spacial score (nSPS) is 10.4. The van der Waals surface area contributed by atoms with Gasteiger partial charge in [0.05, 0.1) is 6.07 Å². The second-order valence-corrected chi connectivity index (χ2v) is 5.86. The van der Waals surface area contributed by atoms with E-state index in [1.807, 2.05) is 19.1 Å². The van der Waals surface area contributed by atoms with Crippen LogP contribution in [-0.4, -0.2) is 19.1 Å². The van der Waals surface area contributed by atoms with Crippen LogP contribution in [0.25, 0.3) is 11.0 Å². The lowest BCUT2D eigenvalue weighted by Gasteiger charge is -2.19. The first-order valence-corrected chi connectivity index (χ1v) is 8.54. The van der Waals surface area contributed by atoms with Crippen molar-refractivity contribution in [1.82, 2.24) is 0 Å². The number of aryl methyl sites for hydroxylation is 1. The van der Waals surface area contributed by atoms with Crippen LogP contribution < -0.4 is 15.3 Å². The number of hydrogen-bond acceptors (Lipinski definition) is 5. The van der Waals surface area contributed by atoms with Gasteiger partial charge in [0, 0.05) is 23.2 Å². The Hall–Kier alpha value is -3.59. The lowest BCUT2D eigenvalue weighted by atomic mass is 10.1. The molecule has 2 aromatic carbocycles. The minimum absolute atomic E-state index is 0.0708. The number of hydrogen-bond donors (Lipinski definition) is 0. The number of fused-ring (bicyclic) bond motifs is 1. The summed E-state index contributed by atoms with van der Waals surface area (Å²) in [5, 5.41) is 9.84. The number of anilines is 1. The van der Waals surface area contributed by atoms with Crippen molar-refractivity contribution in [3.63, 3.8) is 0 Å². The summed E-state index contributed by atoms with van der Waals surface area (Å²) >= 11 is 0. The Balaban J connectivity index is 1.78. The molecule has 6 nitrogen and oxygen atoms in total. The van der Waals surface area contributed by atoms with Crippen molar-refractivity contribution in [1.29, 1.82) is 5.26 Å². The Labute approximate surface area is 156 Å². The molecule has 3 aromatic rings. The van der Waals surface area contributed by atoms with Crippen LogP contribution in [0.15, 0.2) is 63.8 Å². The lowest BCUT2D eigenvalue weighted by molar-refractivity contribution is -0.120. The van der Waals surface area contributed by atoms with Gasteiger partial charge < -0.3 is 9.15 Å². The van der Waals surface area contributed by atoms with E-state index in [9.17, 15) is 9.59 Å². The molecule has 0 saturated carbocycles. The maximum absolute atomic E-state index is 12.5. The minimum atomic E-state index is -0.420. The Bertz CT molecular complexity index is 1050. The number of carbonyl (C=O) groups is 1. The number of nitrogens with zero attached hydrogens (tertiary/aromatic N) is 2. The van der Waals surface area contributed by atoms with E-state index in [2.05, 4.69) is 0 Å². The number of nitriles is 1. The van der Waals surface area contributed by atoms with Gasteiger partial charge in [-0.25, -0.2) is 4.79 Å². The van der Waals surface area contributed by atoms with Crippen LogP contribution in [-0.2, 0) is 11.2 Å². The monoisotopic (exact) mass is 362 g/mol. The van der Waals surface area contributed by atoms with Gasteiger partial charge in [-0.1, -0.05) is 25.1 Å². The van der Waals surface area contributed by atoms with Crippen LogP contribution in [0.1, 0.15) is 12.5 Å². The summed E-state index contributed by atoms with van der Waals surface area (Å²) in [6.07, 6.45) is 0.709. The molecular formula is C21H18N2O4. The van der Waals surface area contributed by atoms with Crippen molar-refractivity contribution in [2.75, 3.05) is 18.1 Å². The Kier molecular flexibility index (Phi) is 5.53. The first-order valence-electron chi connectivity index (χ1n) is 8.54. The summed E-state index contributed by atoms with van der Waals surface area (Å²) in [5.74, 6) is 0.0730. The molecule has 0 aliphatic rings. The molecule has 0 bridgehead atoms. The van der Waals surface area contributed by atoms with E-state index in [4.69, 9.17) is 14.4 Å². The number of para-hydroxylation sites is 1. The fraction of sp³-hybridized carbons (Fsp3) is 0.190. The van der Waals surface area contributed by atoms with E-state index in [-0.39, 0.29) is 19.1 Å². The largest absolute Gasteiger partial charge is 0.484 e. The van der Waals surface area contributed by atoms with Crippen molar-refractivity contribution in [3.8, 4) is 11.8 Å². The zero-order valence-electron chi connectivity index (χ0n) is 14.8. The molecule has 1 amide bonds. The van der Waals surface area contributed by atoms with Gasteiger partial charge in [-0.2, -0.15) is 5.26 Å². The van der Waals surface area contributed by atoms with Gasteiger partial charge in [0.1, 0.15) is 17.9 Å². The van der Waals surface area contributed by atoms with E-state index in [0.717, 1.165) is 10.9 Å². The quantitative estimate of drug-likeness (QED) is 0.496. The van der Waals surface area contributed by atoms with Crippen molar-refractivity contribution in [2.24, 2.45) is 0 Å². The van der Waals surface area contributed by atoms with E-state index < -0.39 is 5.63 Å². The van der Waals surface area contributed by atoms with Crippen LogP contribution in [0.2, 0.25) is 0 Å². The van der Waals surface area contributed by atoms with Gasteiger partial charge >= 0.3 is 5.63 Å². The molecule has 0 spiro atoms. The highest BCUT2D eigenvalue weighted by Gasteiger charge is 2.16. The second kappa shape index (κ2) is 8.19. The molecule has 0 N–H and O–H groups in total. The van der Waals surface area contributed by atoms with Crippen molar-refractivity contribution in [2.45, 2.75) is 13.3 Å². The lowest BCUT2D eigenvalue weighted by Crippen LogP contribution is -2.35. The summed E-state index contributed by atoms with van der Waals surface area (Å²) in [6.45, 7) is 1.66. The average molecular weight is 362 g/mol. The van der Waals surface area contributed by atoms with Crippen LogP contribution in [0, 0.1) is 11.3 Å². The predicted molar refractivity (Wildman–Crippen MR) is 102 cm³/mol. The molecule has 1 heterocycles. The van der Waals surface area contributed by atoms with Crippen molar-refractivity contribution in [3.05, 3.63) is 70.6 Å². The maximum atomic E-state index is 12.5. The van der Waals surface area contributed by atoms with Crippen LogP contribution in [0.4, 0.5) is 5.69 Å². The third kappa shape index (κ3) is 4.15. The van der Waals surface area contributed by atoms with Gasteiger partial charge in [-0.15, -0.1) is 0 Å². The van der Waals surface area contributed by atoms with Crippen LogP contribution >= 0.6 is 0 Å². The topological polar surface area (TPSA) is 83.5 Å². The molecule has 0 fully saturated rings. The molecule has 0 atom stereocenters. The van der Waals surface area contributed by atoms with E-state index in [1.54, 1.807) is 42.5 Å². The van der Waals surface area contributed by atoms with Crippen molar-refractivity contribution < 1.29 is 13.9 Å². The Morgan fingerprint density at radius 2 is 1.96 bits per heavy atom. The van der Waals surface area contributed by atoms with Crippen molar-refractivity contribution >= 4 is 22.6 Å². The first-order chi connectivity index (χ1) is 13.1. The highest BCUT2D eigenvalue weighted by Crippen LogP contribution is 2.23. The van der Waals surface area contributed by atoms with Gasteiger partial charge in [0.25, 0.3) is 5.91 Å². The molecule has 0 radical (unpaired) electrons. The molecule has 27 heavy (non-hydrogen) atoms. The number of rotatable bonds is 6. The molecular weight excluding hydrogens is 344 g/mol. The van der Waals surface area contributed by atoms with Crippen LogP contribution in [0.5, 0.6) is 5.75 Å². The highest BCUT2D eigenvalue weighted by molar-refractivity contribution is 5.94. The van der Waals surface area contributed by atoms with Gasteiger partial charge in [0.2, 0.25) is 0 Å². The van der Waals surface area contributed by atoms with Gasteiger partial charge in [-0.3, -0.25) is 9.69 Å². The van der Waals surface area contributed by atoms with E-state index >= 15 is 0 Å².